The number of anilines is 1. The van der Waals surface area contributed by atoms with E-state index in [1.165, 1.54) is 7.11 Å². The molecule has 6 atom stereocenters. The van der Waals surface area contributed by atoms with Crippen molar-refractivity contribution in [3.8, 4) is 35.0 Å². The van der Waals surface area contributed by atoms with Gasteiger partial charge < -0.3 is 40.2 Å². The first kappa shape index (κ1) is 44.3. The van der Waals surface area contributed by atoms with Gasteiger partial charge in [-0.15, -0.1) is 0 Å². The van der Waals surface area contributed by atoms with Crippen LogP contribution in [0.3, 0.4) is 0 Å². The summed E-state index contributed by atoms with van der Waals surface area (Å²) < 4.78 is 17.7. The van der Waals surface area contributed by atoms with Gasteiger partial charge in [0.25, 0.3) is 0 Å². The van der Waals surface area contributed by atoms with Crippen molar-refractivity contribution < 1.29 is 34.3 Å². The number of aliphatic hydroxyl groups excluding tert-OH is 1. The number of carbonyl (C=O) groups excluding carboxylic acids is 1. The molecule has 1 spiro atoms. The van der Waals surface area contributed by atoms with E-state index in [0.29, 0.717) is 55.4 Å². The highest BCUT2D eigenvalue weighted by atomic mass is 16.6. The van der Waals surface area contributed by atoms with Gasteiger partial charge in [0.15, 0.2) is 35.1 Å². The lowest BCUT2D eigenvalue weighted by Crippen LogP contribution is -2.43. The van der Waals surface area contributed by atoms with E-state index in [4.69, 9.17) is 14.2 Å². The van der Waals surface area contributed by atoms with E-state index in [-0.39, 0.29) is 40.5 Å². The van der Waals surface area contributed by atoms with Crippen molar-refractivity contribution in [3.63, 3.8) is 0 Å². The molecule has 0 amide bonds. The van der Waals surface area contributed by atoms with Crippen LogP contribution in [0, 0.1) is 35.1 Å². The molecule has 0 aromatic heterocycles. The fraction of sp³-hybridized carbons (Fsp3) is 0.625. The Bertz CT molecular complexity index is 1880. The summed E-state index contributed by atoms with van der Waals surface area (Å²) in [5.41, 5.74) is 0.949. The largest absolute Gasteiger partial charge is 0.504 e. The number of aliphatic imine (C=N–C) groups is 1. The predicted molar refractivity (Wildman–Crippen MR) is 233 cm³/mol. The van der Waals surface area contributed by atoms with Crippen LogP contribution in [0.25, 0.3) is 0 Å². The van der Waals surface area contributed by atoms with Crippen LogP contribution in [0.5, 0.6) is 23.0 Å². The number of phenolic OH excluding ortho intramolecular Hbond substituents is 2. The number of aliphatic hydroxyl groups is 1. The predicted octanol–water partition coefficient (Wildman–Crippen LogP) is 8.11. The van der Waals surface area contributed by atoms with Crippen molar-refractivity contribution in [3.05, 3.63) is 53.6 Å². The summed E-state index contributed by atoms with van der Waals surface area (Å²) in [5.74, 6) is 5.05. The maximum absolute atomic E-state index is 15.0. The standard InChI is InChI=1S/C48H68N4O7/c1-6-7-8-13-36-17-19-42(54)48(31-33-16-18-39(53)40(26-33)57-4)23-11-14-35(48)15-12-25-51-45(50-3)52-38-28-37(47(36)21-9-10-22-47)29-41(44(38)56)59-46(32-49-2)24-20-34(30-46)27-43(55)58-5/h16-19,26,28-29,34-36,43,49,53,55-56H,6-11,13-15,20-24,27,30-32H2,1-5H3,(H2,50,51,52). The molecule has 11 nitrogen and oxygen atoms in total. The van der Waals surface area contributed by atoms with E-state index in [0.717, 1.165) is 94.6 Å². The van der Waals surface area contributed by atoms with E-state index in [1.807, 2.05) is 25.3 Å². The molecule has 4 aliphatic rings. The van der Waals surface area contributed by atoms with E-state index in [1.54, 1.807) is 20.2 Å². The van der Waals surface area contributed by atoms with Crippen molar-refractivity contribution >= 4 is 17.4 Å². The van der Waals surface area contributed by atoms with Crippen LogP contribution < -0.4 is 25.4 Å². The number of benzene rings is 2. The number of phenols is 2. The third kappa shape index (κ3) is 9.88. The third-order valence-electron chi connectivity index (χ3n) is 14.1. The van der Waals surface area contributed by atoms with E-state index >= 15 is 4.79 Å². The Hall–Kier alpha value is -4.24. The zero-order valence-corrected chi connectivity index (χ0v) is 36.0. The van der Waals surface area contributed by atoms with Crippen LogP contribution in [-0.2, 0) is 21.4 Å². The molecular formula is C48H68N4O7. The average Bonchev–Trinajstić information content (AvgIpc) is 3.99. The zero-order chi connectivity index (χ0) is 42.0. The van der Waals surface area contributed by atoms with Gasteiger partial charge in [0.1, 0.15) is 5.60 Å². The van der Waals surface area contributed by atoms with Crippen LogP contribution in [0.1, 0.15) is 121 Å². The van der Waals surface area contributed by atoms with Gasteiger partial charge in [-0.2, -0.15) is 0 Å². The van der Waals surface area contributed by atoms with Gasteiger partial charge >= 0.3 is 0 Å². The normalized spacial score (nSPS) is 27.8. The number of methoxy groups -OCH3 is 2. The number of fused-ring (bicyclic) bond motifs is 4. The maximum atomic E-state index is 15.0. The molecule has 6 rings (SSSR count). The number of aromatic hydroxyl groups is 2. The van der Waals surface area contributed by atoms with Crippen LogP contribution >= 0.6 is 0 Å². The summed E-state index contributed by atoms with van der Waals surface area (Å²) in [7, 11) is 6.67. The minimum absolute atomic E-state index is 0.00429. The number of carbonyl (C=O) groups is 1. The van der Waals surface area contributed by atoms with E-state index in [9.17, 15) is 15.3 Å². The highest BCUT2D eigenvalue weighted by molar-refractivity contribution is 5.97. The van der Waals surface area contributed by atoms with Crippen molar-refractivity contribution in [2.45, 2.75) is 133 Å². The summed E-state index contributed by atoms with van der Waals surface area (Å²) in [5, 5.41) is 42.7. The minimum Gasteiger partial charge on any atom is -0.504 e. The molecule has 322 valence electrons. The fourth-order valence-corrected chi connectivity index (χ4v) is 10.9. The lowest BCUT2D eigenvalue weighted by Gasteiger charge is -2.39. The molecule has 11 heteroatoms. The summed E-state index contributed by atoms with van der Waals surface area (Å²) in [6.45, 7) is 2.80. The molecule has 0 radical (unpaired) electrons. The molecule has 2 aromatic carbocycles. The lowest BCUT2D eigenvalue weighted by atomic mass is 9.65. The van der Waals surface area contributed by atoms with Crippen LogP contribution in [0.4, 0.5) is 5.69 Å². The van der Waals surface area contributed by atoms with Crippen molar-refractivity contribution in [2.75, 3.05) is 40.2 Å². The molecule has 3 saturated carbocycles. The highest BCUT2D eigenvalue weighted by Crippen LogP contribution is 2.54. The Morgan fingerprint density at radius 2 is 1.85 bits per heavy atom. The van der Waals surface area contributed by atoms with Gasteiger partial charge in [-0.1, -0.05) is 63.5 Å². The lowest BCUT2D eigenvalue weighted by molar-refractivity contribution is -0.125. The molecule has 3 fully saturated rings. The number of hydrogen-bond donors (Lipinski definition) is 6. The summed E-state index contributed by atoms with van der Waals surface area (Å²) in [6, 6.07) is 12.6. The molecule has 3 aliphatic carbocycles. The number of guanidine groups is 1. The number of likely N-dealkylation sites (N-methyl/N-ethyl adjacent to an activating group) is 1. The quantitative estimate of drug-likeness (QED) is 0.0478. The van der Waals surface area contributed by atoms with Crippen LogP contribution in [-0.4, -0.2) is 73.8 Å². The average molecular weight is 813 g/mol. The first-order chi connectivity index (χ1) is 28.5. The molecule has 2 bridgehead atoms. The number of hydrogen-bond acceptors (Lipinski definition) is 9. The second-order valence-electron chi connectivity index (χ2n) is 17.7. The van der Waals surface area contributed by atoms with Gasteiger partial charge in [-0.3, -0.25) is 15.1 Å². The summed E-state index contributed by atoms with van der Waals surface area (Å²) in [6.07, 6.45) is 18.0. The molecule has 1 heterocycles. The summed E-state index contributed by atoms with van der Waals surface area (Å²) in [4.78, 5) is 19.5. The summed E-state index contributed by atoms with van der Waals surface area (Å²) >= 11 is 0. The number of nitrogens with one attached hydrogen (secondary N) is 3. The Morgan fingerprint density at radius 1 is 1.03 bits per heavy atom. The van der Waals surface area contributed by atoms with Gasteiger partial charge in [-0.05, 0) is 124 Å². The maximum Gasteiger partial charge on any atom is 0.207 e. The first-order valence-electron chi connectivity index (χ1n) is 22.0. The second kappa shape index (κ2) is 19.9. The number of nitrogens with zero attached hydrogens (tertiary/aromatic N) is 1. The van der Waals surface area contributed by atoms with Gasteiger partial charge in [-0.25, -0.2) is 0 Å². The molecule has 1 aliphatic heterocycles. The Morgan fingerprint density at radius 3 is 2.58 bits per heavy atom. The van der Waals surface area contributed by atoms with Crippen molar-refractivity contribution in [1.82, 2.24) is 10.6 Å². The van der Waals surface area contributed by atoms with Gasteiger partial charge in [0, 0.05) is 50.4 Å². The van der Waals surface area contributed by atoms with Crippen LogP contribution in [0.2, 0.25) is 0 Å². The van der Waals surface area contributed by atoms with E-state index in [2.05, 4.69) is 58.0 Å². The number of rotatable bonds is 14. The number of ether oxygens (including phenoxy) is 3. The van der Waals surface area contributed by atoms with Crippen molar-refractivity contribution in [1.29, 1.82) is 0 Å². The molecule has 6 unspecified atom stereocenters. The topological polar surface area (TPSA) is 154 Å². The Kier molecular flexibility index (Phi) is 14.9. The fourth-order valence-electron chi connectivity index (χ4n) is 10.9. The minimum atomic E-state index is -0.835. The number of unbranched alkanes of at least 4 members (excludes halogenated alkanes) is 2. The smallest absolute Gasteiger partial charge is 0.207 e. The molecular weight excluding hydrogens is 745 g/mol. The monoisotopic (exact) mass is 813 g/mol. The second-order valence-corrected chi connectivity index (χ2v) is 17.7. The Labute approximate surface area is 351 Å². The molecule has 6 N–H and O–H groups in total. The molecule has 2 aromatic rings. The first-order valence-corrected chi connectivity index (χ1v) is 22.0. The SMILES string of the molecule is CCCCCC1C=CC(=O)C2(Cc3ccc(O)c(OC)c3)CCCC2CC#CNC(=NC)Nc2cc(cc(OC3(CNC)CCC(CC(O)OC)C3)c2O)C12CCCC2. The van der Waals surface area contributed by atoms with Gasteiger partial charge in [0.05, 0.1) is 12.8 Å². The molecule has 59 heavy (non-hydrogen) atoms. The third-order valence-corrected chi connectivity index (χ3v) is 14.1. The van der Waals surface area contributed by atoms with Crippen molar-refractivity contribution in [2.24, 2.45) is 28.2 Å². The number of ketones is 1. The molecule has 0 saturated heterocycles. The highest BCUT2D eigenvalue weighted by Gasteiger charge is 2.49. The van der Waals surface area contributed by atoms with Crippen LogP contribution in [0.15, 0.2) is 47.5 Å². The van der Waals surface area contributed by atoms with E-state index < -0.39 is 17.3 Å². The number of allylic oxidation sites excluding steroid dienone is 2. The zero-order valence-electron chi connectivity index (χ0n) is 36.0. The van der Waals surface area contributed by atoms with Gasteiger partial charge in [0.2, 0.25) is 5.96 Å². The Balaban J connectivity index is 1.47.